The summed E-state index contributed by atoms with van der Waals surface area (Å²) in [6, 6.07) is 64.0. The summed E-state index contributed by atoms with van der Waals surface area (Å²) >= 11 is 0. The van der Waals surface area contributed by atoms with Crippen LogP contribution in [0.25, 0.3) is 44.5 Å². The van der Waals surface area contributed by atoms with E-state index >= 15 is 0 Å². The molecule has 7 rings (SSSR count). The molecule has 0 aliphatic rings. The predicted molar refractivity (Wildman–Crippen MR) is 252 cm³/mol. The van der Waals surface area contributed by atoms with Gasteiger partial charge in [-0.3, -0.25) is 0 Å². The number of unbranched alkanes of at least 4 members (excludes halogenated alkanes) is 6. The molecule has 0 saturated heterocycles. The molecule has 0 fully saturated rings. The lowest BCUT2D eigenvalue weighted by atomic mass is 9.95. The fraction of sp³-hybridized carbons (Fsp3) is 0.276. The smallest absolute Gasteiger partial charge is 0.0178 e. The van der Waals surface area contributed by atoms with Gasteiger partial charge in [0.2, 0.25) is 0 Å². The summed E-state index contributed by atoms with van der Waals surface area (Å²) in [5, 5.41) is 0. The highest BCUT2D eigenvalue weighted by atomic mass is 14.1. The summed E-state index contributed by atoms with van der Waals surface area (Å²) in [6.45, 7) is 4.55. The third-order valence-electron chi connectivity index (χ3n) is 12.0. The minimum absolute atomic E-state index is 1.04. The van der Waals surface area contributed by atoms with Crippen molar-refractivity contribution < 1.29 is 0 Å². The van der Waals surface area contributed by atoms with Crippen LogP contribution in [-0.4, -0.2) is 0 Å². The van der Waals surface area contributed by atoms with E-state index in [2.05, 4.69) is 184 Å². The van der Waals surface area contributed by atoms with Crippen LogP contribution in [0.5, 0.6) is 0 Å². The molecule has 0 atom stereocenters. The topological polar surface area (TPSA) is 0 Å². The largest absolute Gasteiger partial charge is 0.0654 e. The van der Waals surface area contributed by atoms with Crippen molar-refractivity contribution in [2.75, 3.05) is 0 Å². The Balaban J connectivity index is 0.873. The molecule has 0 N–H and O–H groups in total. The molecule has 0 nitrogen and oxygen atoms in total. The van der Waals surface area contributed by atoms with Gasteiger partial charge in [-0.25, -0.2) is 0 Å². The van der Waals surface area contributed by atoms with E-state index in [0.717, 1.165) is 25.7 Å². The Bertz CT molecular complexity index is 2070. The third-order valence-corrected chi connectivity index (χ3v) is 12.0. The zero-order chi connectivity index (χ0) is 39.8. The molecule has 294 valence electrons. The highest BCUT2D eigenvalue weighted by molar-refractivity contribution is 5.73. The van der Waals surface area contributed by atoms with Crippen molar-refractivity contribution in [2.45, 2.75) is 104 Å². The Kier molecular flexibility index (Phi) is 15.0. The summed E-state index contributed by atoms with van der Waals surface area (Å²) < 4.78 is 0. The van der Waals surface area contributed by atoms with Crippen molar-refractivity contribution in [3.05, 3.63) is 203 Å². The van der Waals surface area contributed by atoms with Gasteiger partial charge in [0.15, 0.2) is 0 Å². The van der Waals surface area contributed by atoms with Crippen molar-refractivity contribution in [2.24, 2.45) is 0 Å². The SMILES string of the molecule is CCCCCCc1ccc(-c2ccc(CCc3ccc(-c4cccc(-c5ccc(CCc6ccc(-c7ccc(CCCCCC)cc7)cc6)cc5)c4)cc3)cc2)cc1. The van der Waals surface area contributed by atoms with E-state index < -0.39 is 0 Å². The van der Waals surface area contributed by atoms with Gasteiger partial charge < -0.3 is 0 Å². The van der Waals surface area contributed by atoms with Crippen LogP contribution in [0.4, 0.5) is 0 Å². The van der Waals surface area contributed by atoms with Crippen LogP contribution in [0.3, 0.4) is 0 Å². The Morgan fingerprint density at radius 2 is 0.466 bits per heavy atom. The fourth-order valence-electron chi connectivity index (χ4n) is 8.15. The maximum Gasteiger partial charge on any atom is -0.0178 e. The van der Waals surface area contributed by atoms with Gasteiger partial charge in [0.05, 0.1) is 0 Å². The van der Waals surface area contributed by atoms with Crippen molar-refractivity contribution in [3.8, 4) is 44.5 Å². The van der Waals surface area contributed by atoms with Crippen molar-refractivity contribution in [1.82, 2.24) is 0 Å². The van der Waals surface area contributed by atoms with Crippen molar-refractivity contribution in [1.29, 1.82) is 0 Å². The Labute approximate surface area is 350 Å². The standard InChI is InChI=1S/C58H62/c1-3-5-7-9-12-45-20-32-51(33-21-45)53-36-24-47(25-37-53)16-18-49-28-40-55(41-29-49)57-14-11-15-58(44-57)56-42-30-50(31-43-56)19-17-48-26-38-54(39-27-48)52-34-22-46(23-35-52)13-10-8-6-4-2/h11,14-15,20-44H,3-10,12-13,16-19H2,1-2H3. The van der Waals surface area contributed by atoms with E-state index in [4.69, 9.17) is 0 Å². The van der Waals surface area contributed by atoms with Gasteiger partial charge in [-0.2, -0.15) is 0 Å². The molecule has 0 spiro atoms. The molecule has 0 heterocycles. The van der Waals surface area contributed by atoms with Gasteiger partial charge in [0, 0.05) is 0 Å². The highest BCUT2D eigenvalue weighted by Gasteiger charge is 2.06. The molecule has 7 aromatic rings. The van der Waals surface area contributed by atoms with Crippen molar-refractivity contribution in [3.63, 3.8) is 0 Å². The molecule has 0 aromatic heterocycles. The minimum atomic E-state index is 1.04. The first-order valence-electron chi connectivity index (χ1n) is 22.3. The Morgan fingerprint density at radius 3 is 0.724 bits per heavy atom. The summed E-state index contributed by atoms with van der Waals surface area (Å²) in [7, 11) is 0. The van der Waals surface area contributed by atoms with E-state index in [1.807, 2.05) is 0 Å². The quantitative estimate of drug-likeness (QED) is 0.0679. The number of hydrogen-bond donors (Lipinski definition) is 0. The Hall–Kier alpha value is -5.46. The van der Waals surface area contributed by atoms with Gasteiger partial charge in [0.25, 0.3) is 0 Å². The maximum absolute atomic E-state index is 2.33. The van der Waals surface area contributed by atoms with E-state index in [1.54, 1.807) is 0 Å². The van der Waals surface area contributed by atoms with E-state index in [-0.39, 0.29) is 0 Å². The monoisotopic (exact) mass is 758 g/mol. The zero-order valence-electron chi connectivity index (χ0n) is 35.1. The maximum atomic E-state index is 2.33. The minimum Gasteiger partial charge on any atom is -0.0654 e. The van der Waals surface area contributed by atoms with Crippen LogP contribution in [0, 0.1) is 0 Å². The van der Waals surface area contributed by atoms with Crippen LogP contribution < -0.4 is 0 Å². The van der Waals surface area contributed by atoms with Crippen LogP contribution in [-0.2, 0) is 38.5 Å². The van der Waals surface area contributed by atoms with Crippen LogP contribution in [0.15, 0.2) is 170 Å². The molecule has 0 amide bonds. The second-order valence-corrected chi connectivity index (χ2v) is 16.4. The molecule has 0 radical (unpaired) electrons. The first-order chi connectivity index (χ1) is 28.6. The van der Waals surface area contributed by atoms with E-state index in [9.17, 15) is 0 Å². The van der Waals surface area contributed by atoms with Gasteiger partial charge in [0.1, 0.15) is 0 Å². The summed E-state index contributed by atoms with van der Waals surface area (Å²) in [5.41, 5.74) is 18.7. The Morgan fingerprint density at radius 1 is 0.224 bits per heavy atom. The van der Waals surface area contributed by atoms with E-state index in [1.165, 1.54) is 142 Å². The molecule has 0 aliphatic carbocycles. The normalized spacial score (nSPS) is 11.2. The van der Waals surface area contributed by atoms with Crippen LogP contribution in [0.2, 0.25) is 0 Å². The molecule has 0 saturated carbocycles. The highest BCUT2D eigenvalue weighted by Crippen LogP contribution is 2.28. The number of benzene rings is 7. The average molecular weight is 759 g/mol. The second-order valence-electron chi connectivity index (χ2n) is 16.4. The fourth-order valence-corrected chi connectivity index (χ4v) is 8.15. The summed E-state index contributed by atoms with van der Waals surface area (Å²) in [6.07, 6.45) is 17.1. The zero-order valence-corrected chi connectivity index (χ0v) is 35.1. The molecule has 0 heteroatoms. The molecule has 0 aliphatic heterocycles. The van der Waals surface area contributed by atoms with Gasteiger partial charge >= 0.3 is 0 Å². The van der Waals surface area contributed by atoms with Gasteiger partial charge in [-0.1, -0.05) is 216 Å². The van der Waals surface area contributed by atoms with Crippen LogP contribution in [0.1, 0.15) is 98.6 Å². The summed E-state index contributed by atoms with van der Waals surface area (Å²) in [5.74, 6) is 0. The molecular formula is C58H62. The van der Waals surface area contributed by atoms with Gasteiger partial charge in [-0.15, -0.1) is 0 Å². The lowest BCUT2D eigenvalue weighted by molar-refractivity contribution is 0.667. The molecule has 0 unspecified atom stereocenters. The van der Waals surface area contributed by atoms with Gasteiger partial charge in [-0.05, 0) is 135 Å². The second kappa shape index (κ2) is 21.3. The van der Waals surface area contributed by atoms with Crippen LogP contribution >= 0.6 is 0 Å². The first kappa shape index (κ1) is 40.7. The molecule has 58 heavy (non-hydrogen) atoms. The number of aryl methyl sites for hydroxylation is 6. The predicted octanol–water partition coefficient (Wildman–Crippen LogP) is 16.2. The van der Waals surface area contributed by atoms with E-state index in [0.29, 0.717) is 0 Å². The summed E-state index contributed by atoms with van der Waals surface area (Å²) in [4.78, 5) is 0. The molecular weight excluding hydrogens is 697 g/mol. The molecule has 0 bridgehead atoms. The van der Waals surface area contributed by atoms with Crippen molar-refractivity contribution >= 4 is 0 Å². The lowest BCUT2D eigenvalue weighted by Crippen LogP contribution is -1.92. The average Bonchev–Trinajstić information content (AvgIpc) is 3.29. The number of rotatable bonds is 20. The first-order valence-corrected chi connectivity index (χ1v) is 22.3. The third kappa shape index (κ3) is 11.8. The lowest BCUT2D eigenvalue weighted by Gasteiger charge is -2.09. The number of hydrogen-bond acceptors (Lipinski definition) is 0. The molecule has 7 aromatic carbocycles.